The van der Waals surface area contributed by atoms with Crippen LogP contribution in [0.15, 0.2) is 41.5 Å². The third kappa shape index (κ3) is 3.65. The molecule has 9 atom stereocenters. The second-order valence-electron chi connectivity index (χ2n) is 12.5. The normalized spacial score (nSPS) is 41.9. The van der Waals surface area contributed by atoms with Gasteiger partial charge in [-0.2, -0.15) is 0 Å². The summed E-state index contributed by atoms with van der Waals surface area (Å²) in [7, 11) is 1.16. The molecule has 10 heteroatoms. The van der Waals surface area contributed by atoms with E-state index in [0.29, 0.717) is 12.0 Å². The van der Waals surface area contributed by atoms with Crippen molar-refractivity contribution in [2.45, 2.75) is 83.1 Å². The van der Waals surface area contributed by atoms with E-state index in [1.165, 1.54) is 0 Å². The minimum absolute atomic E-state index is 0.136. The number of rotatable bonds is 3. The predicted octanol–water partition coefficient (Wildman–Crippen LogP) is 2.58. The number of hydrogen-bond acceptors (Lipinski definition) is 10. The van der Waals surface area contributed by atoms with Crippen LogP contribution in [-0.4, -0.2) is 82.6 Å². The molecule has 2 bridgehead atoms. The van der Waals surface area contributed by atoms with Gasteiger partial charge in [-0.1, -0.05) is 45.9 Å². The van der Waals surface area contributed by atoms with Crippen LogP contribution in [0.25, 0.3) is 0 Å². The van der Waals surface area contributed by atoms with Crippen LogP contribution in [0.1, 0.15) is 57.8 Å². The van der Waals surface area contributed by atoms with Crippen LogP contribution < -0.4 is 0 Å². The second kappa shape index (κ2) is 9.37. The molecule has 1 saturated heterocycles. The first-order chi connectivity index (χ1) is 18.7. The summed E-state index contributed by atoms with van der Waals surface area (Å²) in [5.41, 5.74) is -5.51. The molecular formula is C30H38O10. The third-order valence-electron chi connectivity index (χ3n) is 10.5. The van der Waals surface area contributed by atoms with Crippen molar-refractivity contribution in [3.05, 3.63) is 47.0 Å². The predicted molar refractivity (Wildman–Crippen MR) is 140 cm³/mol. The zero-order valence-electron chi connectivity index (χ0n) is 23.7. The van der Waals surface area contributed by atoms with Crippen molar-refractivity contribution in [3.8, 4) is 0 Å². The van der Waals surface area contributed by atoms with E-state index in [2.05, 4.69) is 0 Å². The van der Waals surface area contributed by atoms with E-state index >= 15 is 0 Å². The fourth-order valence-electron chi connectivity index (χ4n) is 7.89. The van der Waals surface area contributed by atoms with Gasteiger partial charge in [0, 0.05) is 17.3 Å². The Morgan fingerprint density at radius 2 is 1.75 bits per heavy atom. The summed E-state index contributed by atoms with van der Waals surface area (Å²) >= 11 is 0. The van der Waals surface area contributed by atoms with E-state index in [0.717, 1.165) is 7.11 Å². The Labute approximate surface area is 233 Å². The van der Waals surface area contributed by atoms with Crippen molar-refractivity contribution in [2.24, 2.45) is 22.7 Å². The number of ketones is 1. The molecule has 0 amide bonds. The van der Waals surface area contributed by atoms with E-state index in [-0.39, 0.29) is 24.2 Å². The average Bonchev–Trinajstić information content (AvgIpc) is 2.91. The first-order valence-electron chi connectivity index (χ1n) is 13.6. The Bertz CT molecular complexity index is 1260. The Kier molecular flexibility index (Phi) is 6.73. The van der Waals surface area contributed by atoms with E-state index in [9.17, 15) is 29.7 Å². The van der Waals surface area contributed by atoms with Crippen molar-refractivity contribution in [1.29, 1.82) is 0 Å². The lowest BCUT2D eigenvalue weighted by Gasteiger charge is -2.67. The molecule has 3 fully saturated rings. The zero-order chi connectivity index (χ0) is 29.4. The van der Waals surface area contributed by atoms with E-state index in [4.69, 9.17) is 18.9 Å². The first-order valence-corrected chi connectivity index (χ1v) is 13.6. The summed E-state index contributed by atoms with van der Waals surface area (Å²) in [5.74, 6) is -2.92. The molecule has 0 radical (unpaired) electrons. The lowest BCUT2D eigenvalue weighted by atomic mass is 9.43. The smallest absolute Gasteiger partial charge is 0.455 e. The Morgan fingerprint density at radius 1 is 1.10 bits per heavy atom. The van der Waals surface area contributed by atoms with E-state index < -0.39 is 76.2 Å². The third-order valence-corrected chi connectivity index (χ3v) is 10.5. The first kappa shape index (κ1) is 28.7. The maximum Gasteiger partial charge on any atom is 0.508 e. The summed E-state index contributed by atoms with van der Waals surface area (Å²) in [6.07, 6.45) is -5.99. The van der Waals surface area contributed by atoms with Crippen molar-refractivity contribution >= 4 is 17.9 Å². The van der Waals surface area contributed by atoms with Crippen LogP contribution in [0.3, 0.4) is 0 Å². The monoisotopic (exact) mass is 558 g/mol. The molecule has 0 spiro atoms. The summed E-state index contributed by atoms with van der Waals surface area (Å²) in [6.45, 7) is 8.32. The standard InChI is InChI=1S/C30H38O10/c1-15-12-19-29(14-38-19,40-26(35)37-6)22-24(39-25(34)17-10-8-7-9-11-17)30(36)13-18(31)16(2)20(27(30,3)4)21(32)23(33)28(15,22)5/h7-11,15,18-19,21-22,24,31-32,36H,12-14H2,1-6H3/t15-,18-,19?,21+,22?,24-,28+,29-,30+/m0/s1. The van der Waals surface area contributed by atoms with Gasteiger partial charge < -0.3 is 34.3 Å². The molecule has 4 aliphatic rings. The molecule has 1 heterocycles. The molecule has 2 saturated carbocycles. The van der Waals surface area contributed by atoms with Gasteiger partial charge in [0.25, 0.3) is 0 Å². The van der Waals surface area contributed by atoms with Gasteiger partial charge in [-0.15, -0.1) is 0 Å². The number of methoxy groups -OCH3 is 1. The number of aliphatic hydroxyl groups is 3. The minimum Gasteiger partial charge on any atom is -0.455 e. The van der Waals surface area contributed by atoms with E-state index in [1.807, 2.05) is 6.92 Å². The average molecular weight is 559 g/mol. The van der Waals surface area contributed by atoms with Gasteiger partial charge in [-0.25, -0.2) is 9.59 Å². The quantitative estimate of drug-likeness (QED) is 0.373. The lowest BCUT2D eigenvalue weighted by molar-refractivity contribution is -0.338. The molecule has 1 aliphatic heterocycles. The number of esters is 1. The number of Topliss-reactive ketones (excluding diaryl/α,β-unsaturated/α-hetero) is 1. The summed E-state index contributed by atoms with van der Waals surface area (Å²) in [5, 5.41) is 35.6. The number of aliphatic hydroxyl groups excluding tert-OH is 2. The molecule has 10 nitrogen and oxygen atoms in total. The van der Waals surface area contributed by atoms with Gasteiger partial charge >= 0.3 is 12.1 Å². The molecule has 1 aromatic rings. The fourth-order valence-corrected chi connectivity index (χ4v) is 7.89. The number of benzene rings is 1. The summed E-state index contributed by atoms with van der Waals surface area (Å²) < 4.78 is 22.8. The molecule has 3 aliphatic carbocycles. The van der Waals surface area contributed by atoms with E-state index in [1.54, 1.807) is 58.0 Å². The van der Waals surface area contributed by atoms with Crippen LogP contribution >= 0.6 is 0 Å². The van der Waals surface area contributed by atoms with Crippen LogP contribution in [0.4, 0.5) is 4.79 Å². The fraction of sp³-hybridized carbons (Fsp3) is 0.633. The maximum atomic E-state index is 14.5. The molecular weight excluding hydrogens is 520 g/mol. The molecule has 3 N–H and O–H groups in total. The Balaban J connectivity index is 1.81. The number of ether oxygens (including phenoxy) is 4. The van der Waals surface area contributed by atoms with Crippen LogP contribution in [0.2, 0.25) is 0 Å². The van der Waals surface area contributed by atoms with Crippen molar-refractivity contribution < 1.29 is 48.7 Å². The zero-order valence-corrected chi connectivity index (χ0v) is 23.7. The highest BCUT2D eigenvalue weighted by Gasteiger charge is 2.77. The number of hydrogen-bond donors (Lipinski definition) is 3. The van der Waals surface area contributed by atoms with Gasteiger partial charge in [0.15, 0.2) is 11.4 Å². The van der Waals surface area contributed by atoms with Crippen LogP contribution in [0.5, 0.6) is 0 Å². The maximum absolute atomic E-state index is 14.5. The van der Waals surface area contributed by atoms with Crippen molar-refractivity contribution in [3.63, 3.8) is 0 Å². The molecule has 5 rings (SSSR count). The molecule has 2 unspecified atom stereocenters. The summed E-state index contributed by atoms with van der Waals surface area (Å²) in [4.78, 5) is 40.8. The highest BCUT2D eigenvalue weighted by atomic mass is 16.8. The van der Waals surface area contributed by atoms with Gasteiger partial charge in [0.2, 0.25) is 0 Å². The lowest BCUT2D eigenvalue weighted by Crippen LogP contribution is -2.80. The highest BCUT2D eigenvalue weighted by Crippen LogP contribution is 2.65. The number of fused-ring (bicyclic) bond motifs is 5. The summed E-state index contributed by atoms with van der Waals surface area (Å²) in [6, 6.07) is 8.23. The van der Waals surface area contributed by atoms with Gasteiger partial charge in [-0.05, 0) is 42.5 Å². The molecule has 218 valence electrons. The van der Waals surface area contributed by atoms with Crippen molar-refractivity contribution in [1.82, 2.24) is 0 Å². The van der Waals surface area contributed by atoms with Crippen molar-refractivity contribution in [2.75, 3.05) is 13.7 Å². The van der Waals surface area contributed by atoms with Crippen LogP contribution in [0, 0.1) is 22.7 Å². The topological polar surface area (TPSA) is 149 Å². The minimum atomic E-state index is -2.00. The molecule has 40 heavy (non-hydrogen) atoms. The SMILES string of the molecule is COC(=O)O[C@@]12COC1C[C@H](C)[C@@]1(C)C(=O)[C@H](O)C3=C(C)[C@@H](O)C[C@@](O)([C@@H](OC(=O)c4ccccc4)C21)C3(C)C. The van der Waals surface area contributed by atoms with Gasteiger partial charge in [-0.3, -0.25) is 4.79 Å². The van der Waals surface area contributed by atoms with Gasteiger partial charge in [0.05, 0.1) is 31.3 Å². The second-order valence-corrected chi connectivity index (χ2v) is 12.5. The number of carbonyl (C=O) groups excluding carboxylic acids is 3. The molecule has 1 aromatic carbocycles. The van der Waals surface area contributed by atoms with Crippen LogP contribution in [-0.2, 0) is 23.7 Å². The highest BCUT2D eigenvalue weighted by molar-refractivity contribution is 5.93. The largest absolute Gasteiger partial charge is 0.508 e. The number of carbonyl (C=O) groups is 3. The molecule has 0 aromatic heterocycles. The van der Waals surface area contributed by atoms with Gasteiger partial charge in [0.1, 0.15) is 23.9 Å². The Hall–Kier alpha value is -2.79. The Morgan fingerprint density at radius 3 is 2.33 bits per heavy atom.